The van der Waals surface area contributed by atoms with Crippen molar-refractivity contribution in [2.45, 2.75) is 0 Å². The van der Waals surface area contributed by atoms with Crippen molar-refractivity contribution in [2.24, 2.45) is 0 Å². The van der Waals surface area contributed by atoms with Crippen molar-refractivity contribution in [1.29, 1.82) is 0 Å². The summed E-state index contributed by atoms with van der Waals surface area (Å²) in [6, 6.07) is 20.1. The fourth-order valence-corrected chi connectivity index (χ4v) is 4.38. The van der Waals surface area contributed by atoms with Gasteiger partial charge in [-0.2, -0.15) is 0 Å². The number of rotatable bonds is 6. The molecule has 0 spiro atoms. The SMILES string of the molecule is CN(c1ccc(-c2csc(NC(=O)c3ccc(-c4ccccc4F)cc3)n2)cc1)S(C)(=O)=O. The Balaban J connectivity index is 1.45. The Hall–Kier alpha value is -3.56. The van der Waals surface area contributed by atoms with Gasteiger partial charge >= 0.3 is 0 Å². The molecule has 0 radical (unpaired) electrons. The van der Waals surface area contributed by atoms with Crippen LogP contribution < -0.4 is 9.62 Å². The summed E-state index contributed by atoms with van der Waals surface area (Å²) in [4.78, 5) is 17.1. The highest BCUT2D eigenvalue weighted by molar-refractivity contribution is 7.92. The molecule has 6 nitrogen and oxygen atoms in total. The number of amides is 1. The van der Waals surface area contributed by atoms with Gasteiger partial charge in [-0.05, 0) is 35.9 Å². The number of carbonyl (C=O) groups is 1. The summed E-state index contributed by atoms with van der Waals surface area (Å²) in [5.41, 5.74) is 3.60. The number of nitrogens with one attached hydrogen (secondary N) is 1. The topological polar surface area (TPSA) is 79.4 Å². The molecule has 0 aliphatic rings. The van der Waals surface area contributed by atoms with Crippen LogP contribution in [0.25, 0.3) is 22.4 Å². The molecule has 33 heavy (non-hydrogen) atoms. The van der Waals surface area contributed by atoms with E-state index in [0.29, 0.717) is 33.2 Å². The van der Waals surface area contributed by atoms with E-state index in [1.54, 1.807) is 66.7 Å². The number of halogens is 1. The van der Waals surface area contributed by atoms with Crippen LogP contribution in [-0.2, 0) is 10.0 Å². The normalized spacial score (nSPS) is 11.2. The first-order chi connectivity index (χ1) is 15.7. The van der Waals surface area contributed by atoms with Crippen molar-refractivity contribution >= 4 is 38.1 Å². The maximum Gasteiger partial charge on any atom is 0.257 e. The Kier molecular flexibility index (Phi) is 6.26. The van der Waals surface area contributed by atoms with Crippen LogP contribution >= 0.6 is 11.3 Å². The Morgan fingerprint density at radius 3 is 2.24 bits per heavy atom. The number of aromatic nitrogens is 1. The van der Waals surface area contributed by atoms with E-state index in [1.807, 2.05) is 5.38 Å². The summed E-state index contributed by atoms with van der Waals surface area (Å²) in [5.74, 6) is -0.637. The zero-order chi connectivity index (χ0) is 23.6. The number of sulfonamides is 1. The third kappa shape index (κ3) is 5.10. The number of nitrogens with zero attached hydrogens (tertiary/aromatic N) is 2. The molecule has 4 aromatic rings. The van der Waals surface area contributed by atoms with Crippen molar-refractivity contribution in [3.63, 3.8) is 0 Å². The van der Waals surface area contributed by atoms with Crippen LogP contribution in [0.1, 0.15) is 10.4 Å². The molecule has 0 saturated carbocycles. The van der Waals surface area contributed by atoms with E-state index >= 15 is 0 Å². The second kappa shape index (κ2) is 9.13. The van der Waals surface area contributed by atoms with Crippen LogP contribution in [0.5, 0.6) is 0 Å². The fraction of sp³-hybridized carbons (Fsp3) is 0.0833. The monoisotopic (exact) mass is 481 g/mol. The molecule has 0 saturated heterocycles. The average molecular weight is 482 g/mol. The van der Waals surface area contributed by atoms with Gasteiger partial charge in [0, 0.05) is 29.1 Å². The first kappa shape index (κ1) is 22.6. The van der Waals surface area contributed by atoms with Gasteiger partial charge in [-0.15, -0.1) is 11.3 Å². The van der Waals surface area contributed by atoms with Gasteiger partial charge in [-0.1, -0.05) is 42.5 Å². The predicted molar refractivity (Wildman–Crippen MR) is 131 cm³/mol. The molecule has 0 fully saturated rings. The van der Waals surface area contributed by atoms with E-state index < -0.39 is 10.0 Å². The third-order valence-corrected chi connectivity index (χ3v) is 7.04. The van der Waals surface area contributed by atoms with Gasteiger partial charge in [0.05, 0.1) is 17.6 Å². The largest absolute Gasteiger partial charge is 0.298 e. The summed E-state index contributed by atoms with van der Waals surface area (Å²) < 4.78 is 38.5. The summed E-state index contributed by atoms with van der Waals surface area (Å²) in [6.07, 6.45) is 1.14. The first-order valence-corrected chi connectivity index (χ1v) is 12.6. The van der Waals surface area contributed by atoms with Crippen LogP contribution in [0.15, 0.2) is 78.2 Å². The minimum absolute atomic E-state index is 0.318. The summed E-state index contributed by atoms with van der Waals surface area (Å²) in [7, 11) is -1.85. The van der Waals surface area contributed by atoms with E-state index in [4.69, 9.17) is 0 Å². The molecule has 3 aromatic carbocycles. The van der Waals surface area contributed by atoms with Crippen molar-refractivity contribution < 1.29 is 17.6 Å². The molecular formula is C24H20FN3O3S2. The highest BCUT2D eigenvalue weighted by Gasteiger charge is 2.14. The Labute approximate surface area is 195 Å². The zero-order valence-electron chi connectivity index (χ0n) is 17.8. The maximum absolute atomic E-state index is 14.0. The second-order valence-electron chi connectivity index (χ2n) is 7.33. The molecule has 1 N–H and O–H groups in total. The van der Waals surface area contributed by atoms with E-state index in [9.17, 15) is 17.6 Å². The fourth-order valence-electron chi connectivity index (χ4n) is 3.16. The van der Waals surface area contributed by atoms with Crippen LogP contribution in [-0.4, -0.2) is 32.6 Å². The van der Waals surface area contributed by atoms with Gasteiger partial charge in [0.25, 0.3) is 5.91 Å². The number of benzene rings is 3. The van der Waals surface area contributed by atoms with Gasteiger partial charge in [0.2, 0.25) is 10.0 Å². The standard InChI is InChI=1S/C24H20FN3O3S2/c1-28(33(2,30)31)19-13-11-17(12-14-19)22-15-32-24(26-22)27-23(29)18-9-7-16(8-10-18)20-5-3-4-6-21(20)25/h3-15H,1-2H3,(H,26,27,29). The van der Waals surface area contributed by atoms with E-state index in [1.165, 1.54) is 28.8 Å². The van der Waals surface area contributed by atoms with Gasteiger partial charge in [-0.3, -0.25) is 14.4 Å². The first-order valence-electron chi connectivity index (χ1n) is 9.88. The Morgan fingerprint density at radius 1 is 0.970 bits per heavy atom. The van der Waals surface area contributed by atoms with E-state index in [0.717, 1.165) is 11.8 Å². The number of carbonyl (C=O) groups excluding carboxylic acids is 1. The van der Waals surface area contributed by atoms with Crippen LogP contribution in [0, 0.1) is 5.82 Å². The van der Waals surface area contributed by atoms with Crippen molar-refractivity contribution in [3.05, 3.63) is 89.6 Å². The van der Waals surface area contributed by atoms with E-state index in [2.05, 4.69) is 10.3 Å². The zero-order valence-corrected chi connectivity index (χ0v) is 19.5. The van der Waals surface area contributed by atoms with Crippen LogP contribution in [0.2, 0.25) is 0 Å². The third-order valence-electron chi connectivity index (χ3n) is 5.08. The predicted octanol–water partition coefficient (Wildman–Crippen LogP) is 5.26. The van der Waals surface area contributed by atoms with Crippen molar-refractivity contribution in [3.8, 4) is 22.4 Å². The van der Waals surface area contributed by atoms with Crippen LogP contribution in [0.4, 0.5) is 15.2 Å². The van der Waals surface area contributed by atoms with Gasteiger partial charge in [0.1, 0.15) is 5.82 Å². The Bertz CT molecular complexity index is 1400. The molecule has 4 rings (SSSR count). The lowest BCUT2D eigenvalue weighted by molar-refractivity contribution is 0.102. The molecule has 1 amide bonds. The quantitative estimate of drug-likeness (QED) is 0.407. The maximum atomic E-state index is 14.0. The van der Waals surface area contributed by atoms with E-state index in [-0.39, 0.29) is 11.7 Å². The molecule has 1 heterocycles. The molecular weight excluding hydrogens is 461 g/mol. The molecule has 168 valence electrons. The number of thiazole rings is 1. The van der Waals surface area contributed by atoms with Gasteiger partial charge < -0.3 is 0 Å². The molecule has 0 unspecified atom stereocenters. The lowest BCUT2D eigenvalue weighted by atomic mass is 10.0. The number of anilines is 2. The molecule has 0 atom stereocenters. The highest BCUT2D eigenvalue weighted by Crippen LogP contribution is 2.28. The summed E-state index contributed by atoms with van der Waals surface area (Å²) in [5, 5.41) is 5.02. The van der Waals surface area contributed by atoms with Gasteiger partial charge in [-0.25, -0.2) is 17.8 Å². The van der Waals surface area contributed by atoms with Crippen LogP contribution in [0.3, 0.4) is 0 Å². The smallest absolute Gasteiger partial charge is 0.257 e. The summed E-state index contributed by atoms with van der Waals surface area (Å²) in [6.45, 7) is 0. The molecule has 0 aliphatic carbocycles. The van der Waals surface area contributed by atoms with Gasteiger partial charge in [0.15, 0.2) is 5.13 Å². The molecule has 9 heteroatoms. The van der Waals surface area contributed by atoms with Crippen molar-refractivity contribution in [1.82, 2.24) is 4.98 Å². The minimum Gasteiger partial charge on any atom is -0.298 e. The summed E-state index contributed by atoms with van der Waals surface area (Å²) >= 11 is 1.29. The molecule has 0 aliphatic heterocycles. The molecule has 1 aromatic heterocycles. The molecule has 0 bridgehead atoms. The lowest BCUT2D eigenvalue weighted by Gasteiger charge is -2.16. The Morgan fingerprint density at radius 2 is 1.61 bits per heavy atom. The average Bonchev–Trinajstić information content (AvgIpc) is 3.27. The lowest BCUT2D eigenvalue weighted by Crippen LogP contribution is -2.24. The number of hydrogen-bond donors (Lipinski definition) is 1. The highest BCUT2D eigenvalue weighted by atomic mass is 32.2. The van der Waals surface area contributed by atoms with Crippen molar-refractivity contribution in [2.75, 3.05) is 22.9 Å². The minimum atomic E-state index is -3.34. The second-order valence-corrected chi connectivity index (χ2v) is 10.2. The number of hydrogen-bond acceptors (Lipinski definition) is 5.